The van der Waals surface area contributed by atoms with Gasteiger partial charge in [-0.15, -0.1) is 0 Å². The van der Waals surface area contributed by atoms with E-state index in [-0.39, 0.29) is 18.4 Å². The molecule has 2 aromatic carbocycles. The van der Waals surface area contributed by atoms with E-state index in [1.165, 1.54) is 0 Å². The normalized spacial score (nSPS) is 14.9. The van der Waals surface area contributed by atoms with Gasteiger partial charge in [0.2, 0.25) is 0 Å². The van der Waals surface area contributed by atoms with Gasteiger partial charge in [0, 0.05) is 5.92 Å². The van der Waals surface area contributed by atoms with Crippen LogP contribution in [-0.2, 0) is 9.53 Å². The molecule has 1 amide bonds. The minimum Gasteiger partial charge on any atom is -0.479 e. The maximum Gasteiger partial charge on any atom is 0.407 e. The van der Waals surface area contributed by atoms with Crippen LogP contribution in [0.25, 0.3) is 11.1 Å². The quantitative estimate of drug-likeness (QED) is 0.681. The van der Waals surface area contributed by atoms with Gasteiger partial charge in [0.1, 0.15) is 6.61 Å². The van der Waals surface area contributed by atoms with Crippen LogP contribution in [0.1, 0.15) is 37.3 Å². The Morgan fingerprint density at radius 3 is 2.07 bits per heavy atom. The molecule has 0 radical (unpaired) electrons. The van der Waals surface area contributed by atoms with Gasteiger partial charge in [0.15, 0.2) is 6.10 Å². The molecule has 0 spiro atoms. The summed E-state index contributed by atoms with van der Waals surface area (Å²) in [5.74, 6) is -1.34. The van der Waals surface area contributed by atoms with Crippen LogP contribution in [0.3, 0.4) is 0 Å². The van der Waals surface area contributed by atoms with E-state index in [4.69, 9.17) is 9.84 Å². The van der Waals surface area contributed by atoms with Gasteiger partial charge in [0.25, 0.3) is 0 Å². The third-order valence-electron chi connectivity index (χ3n) is 5.01. The summed E-state index contributed by atoms with van der Waals surface area (Å²) in [5, 5.41) is 21.4. The molecule has 0 bridgehead atoms. The van der Waals surface area contributed by atoms with Gasteiger partial charge in [-0.1, -0.05) is 62.4 Å². The van der Waals surface area contributed by atoms with Crippen molar-refractivity contribution in [2.45, 2.75) is 38.3 Å². The summed E-state index contributed by atoms with van der Waals surface area (Å²) < 4.78 is 5.43. The first-order valence-corrected chi connectivity index (χ1v) is 9.41. The maximum atomic E-state index is 12.3. The lowest BCUT2D eigenvalue weighted by atomic mass is 9.98. The van der Waals surface area contributed by atoms with Crippen LogP contribution in [0.15, 0.2) is 48.5 Å². The number of benzene rings is 2. The van der Waals surface area contributed by atoms with Crippen LogP contribution < -0.4 is 5.32 Å². The van der Waals surface area contributed by atoms with E-state index in [1.807, 2.05) is 50.2 Å². The number of carboxylic acid groups (broad SMARTS) is 1. The molecule has 148 valence electrons. The number of carbonyl (C=O) groups excluding carboxylic acids is 1. The lowest BCUT2D eigenvalue weighted by Gasteiger charge is -2.23. The molecule has 2 atom stereocenters. The summed E-state index contributed by atoms with van der Waals surface area (Å²) in [5.41, 5.74) is 4.46. The number of alkyl carbamates (subject to hydrolysis) is 1. The molecule has 3 rings (SSSR count). The number of aliphatic carboxylic acids is 1. The fourth-order valence-electron chi connectivity index (χ4n) is 3.74. The van der Waals surface area contributed by atoms with Gasteiger partial charge in [-0.25, -0.2) is 9.59 Å². The number of rotatable bonds is 7. The van der Waals surface area contributed by atoms with E-state index in [0.29, 0.717) is 6.42 Å². The highest BCUT2D eigenvalue weighted by atomic mass is 16.5. The standard InChI is InChI=1S/C22H25NO5/c1-13(2)11-19(20(24)21(25)26)23-22(27)28-12-18-16-9-5-3-7-14(16)15-8-4-6-10-17(15)18/h3-10,13,18-20,24H,11-12H2,1-2H3,(H,23,27)(H,25,26)/t19-,20-/m0/s1. The second-order valence-corrected chi connectivity index (χ2v) is 7.49. The van der Waals surface area contributed by atoms with Crippen LogP contribution in [-0.4, -0.2) is 41.0 Å². The molecule has 0 fully saturated rings. The van der Waals surface area contributed by atoms with Crippen molar-refractivity contribution in [1.29, 1.82) is 0 Å². The van der Waals surface area contributed by atoms with E-state index in [1.54, 1.807) is 0 Å². The number of aliphatic hydroxyl groups is 1. The summed E-state index contributed by atoms with van der Waals surface area (Å²) in [6.07, 6.45) is -2.08. The van der Waals surface area contributed by atoms with Crippen molar-refractivity contribution in [3.63, 3.8) is 0 Å². The van der Waals surface area contributed by atoms with Crippen molar-refractivity contribution in [3.8, 4) is 11.1 Å². The molecule has 6 heteroatoms. The topological polar surface area (TPSA) is 95.9 Å². The highest BCUT2D eigenvalue weighted by molar-refractivity contribution is 5.79. The van der Waals surface area contributed by atoms with Gasteiger partial charge in [-0.3, -0.25) is 0 Å². The molecule has 0 saturated carbocycles. The average molecular weight is 383 g/mol. The Morgan fingerprint density at radius 1 is 1.04 bits per heavy atom. The Hall–Kier alpha value is -2.86. The van der Waals surface area contributed by atoms with Crippen LogP contribution in [0.2, 0.25) is 0 Å². The zero-order valence-corrected chi connectivity index (χ0v) is 16.0. The monoisotopic (exact) mass is 383 g/mol. The lowest BCUT2D eigenvalue weighted by molar-refractivity contribution is -0.148. The van der Waals surface area contributed by atoms with Crippen molar-refractivity contribution >= 4 is 12.1 Å². The number of amides is 1. The van der Waals surface area contributed by atoms with E-state index >= 15 is 0 Å². The minimum absolute atomic E-state index is 0.0777. The van der Waals surface area contributed by atoms with E-state index in [0.717, 1.165) is 22.3 Å². The summed E-state index contributed by atoms with van der Waals surface area (Å²) in [6, 6.07) is 15.1. The van der Waals surface area contributed by atoms with Crippen LogP contribution in [0, 0.1) is 5.92 Å². The van der Waals surface area contributed by atoms with Crippen molar-refractivity contribution < 1.29 is 24.5 Å². The molecule has 28 heavy (non-hydrogen) atoms. The molecule has 1 aliphatic carbocycles. The highest BCUT2D eigenvalue weighted by Crippen LogP contribution is 2.44. The third kappa shape index (κ3) is 4.17. The zero-order chi connectivity index (χ0) is 20.3. The number of nitrogens with one attached hydrogen (secondary N) is 1. The predicted octanol–water partition coefficient (Wildman–Crippen LogP) is 3.39. The predicted molar refractivity (Wildman–Crippen MR) is 105 cm³/mol. The smallest absolute Gasteiger partial charge is 0.407 e. The molecule has 3 N–H and O–H groups in total. The first-order valence-electron chi connectivity index (χ1n) is 9.41. The second-order valence-electron chi connectivity index (χ2n) is 7.49. The van der Waals surface area contributed by atoms with Crippen molar-refractivity contribution in [2.75, 3.05) is 6.61 Å². The van der Waals surface area contributed by atoms with Gasteiger partial charge < -0.3 is 20.3 Å². The van der Waals surface area contributed by atoms with Crippen LogP contribution in [0.5, 0.6) is 0 Å². The Morgan fingerprint density at radius 2 is 1.57 bits per heavy atom. The van der Waals surface area contributed by atoms with E-state index in [2.05, 4.69) is 17.4 Å². The highest BCUT2D eigenvalue weighted by Gasteiger charge is 2.31. The van der Waals surface area contributed by atoms with Gasteiger partial charge in [0.05, 0.1) is 6.04 Å². The minimum atomic E-state index is -1.68. The number of carboxylic acids is 1. The van der Waals surface area contributed by atoms with Gasteiger partial charge in [-0.05, 0) is 34.6 Å². The van der Waals surface area contributed by atoms with Gasteiger partial charge in [-0.2, -0.15) is 0 Å². The van der Waals surface area contributed by atoms with Crippen molar-refractivity contribution in [1.82, 2.24) is 5.32 Å². The Bertz CT molecular complexity index is 818. The van der Waals surface area contributed by atoms with Crippen LogP contribution in [0.4, 0.5) is 4.79 Å². The lowest BCUT2D eigenvalue weighted by Crippen LogP contribution is -2.48. The Labute approximate surface area is 164 Å². The molecular formula is C22H25NO5. The Balaban J connectivity index is 1.70. The number of hydrogen-bond acceptors (Lipinski definition) is 4. The molecule has 0 aromatic heterocycles. The Kier molecular flexibility index (Phi) is 5.99. The number of aliphatic hydroxyl groups excluding tert-OH is 1. The zero-order valence-electron chi connectivity index (χ0n) is 16.0. The average Bonchev–Trinajstić information content (AvgIpc) is 2.99. The molecule has 1 aliphatic rings. The fourth-order valence-corrected chi connectivity index (χ4v) is 3.74. The first-order chi connectivity index (χ1) is 13.4. The summed E-state index contributed by atoms with van der Waals surface area (Å²) in [6.45, 7) is 3.92. The molecule has 6 nitrogen and oxygen atoms in total. The SMILES string of the molecule is CC(C)C[C@H](NC(=O)OCC1c2ccccc2-c2ccccc21)[C@H](O)C(=O)O. The van der Waals surface area contributed by atoms with E-state index < -0.39 is 24.2 Å². The molecular weight excluding hydrogens is 358 g/mol. The maximum absolute atomic E-state index is 12.3. The van der Waals surface area contributed by atoms with Crippen LogP contribution >= 0.6 is 0 Å². The third-order valence-corrected chi connectivity index (χ3v) is 5.01. The summed E-state index contributed by atoms with van der Waals surface area (Å²) in [4.78, 5) is 23.4. The molecule has 0 unspecified atom stereocenters. The van der Waals surface area contributed by atoms with Gasteiger partial charge >= 0.3 is 12.1 Å². The van der Waals surface area contributed by atoms with Crippen molar-refractivity contribution in [3.05, 3.63) is 59.7 Å². The number of ether oxygens (including phenoxy) is 1. The molecule has 0 saturated heterocycles. The second kappa shape index (κ2) is 8.44. The largest absolute Gasteiger partial charge is 0.479 e. The summed E-state index contributed by atoms with van der Waals surface area (Å²) >= 11 is 0. The molecule has 0 aliphatic heterocycles. The fraction of sp³-hybridized carbons (Fsp3) is 0.364. The number of hydrogen-bond donors (Lipinski definition) is 3. The van der Waals surface area contributed by atoms with Crippen molar-refractivity contribution in [2.24, 2.45) is 5.92 Å². The van der Waals surface area contributed by atoms with E-state index in [9.17, 15) is 14.7 Å². The number of fused-ring (bicyclic) bond motifs is 3. The molecule has 0 heterocycles. The molecule has 2 aromatic rings. The first kappa shape index (κ1) is 19.9. The summed E-state index contributed by atoms with van der Waals surface area (Å²) in [7, 11) is 0. The number of carbonyl (C=O) groups is 2.